The van der Waals surface area contributed by atoms with Gasteiger partial charge in [-0.05, 0) is 35.9 Å². The van der Waals surface area contributed by atoms with Gasteiger partial charge >= 0.3 is 5.97 Å². The summed E-state index contributed by atoms with van der Waals surface area (Å²) in [7, 11) is 3.97. The molecule has 0 atom stereocenters. The first kappa shape index (κ1) is 14.6. The van der Waals surface area contributed by atoms with Crippen molar-refractivity contribution >= 4 is 23.6 Å². The van der Waals surface area contributed by atoms with Gasteiger partial charge in [0.2, 0.25) is 0 Å². The third-order valence-corrected chi connectivity index (χ3v) is 2.93. The fourth-order valence-corrected chi connectivity index (χ4v) is 1.76. The van der Waals surface area contributed by atoms with Crippen molar-refractivity contribution in [2.45, 2.75) is 0 Å². The summed E-state index contributed by atoms with van der Waals surface area (Å²) in [5.74, 6) is -0.957. The van der Waals surface area contributed by atoms with Crippen molar-refractivity contribution < 1.29 is 9.90 Å². The number of nitrogens with one attached hydrogen (secondary N) is 1. The Hall–Kier alpha value is -2.82. The molecule has 5 nitrogen and oxygen atoms in total. The molecule has 21 heavy (non-hydrogen) atoms. The summed E-state index contributed by atoms with van der Waals surface area (Å²) in [5.41, 5.74) is 5.76. The van der Waals surface area contributed by atoms with E-state index in [-0.39, 0.29) is 5.56 Å². The molecule has 0 fully saturated rings. The van der Waals surface area contributed by atoms with Gasteiger partial charge in [0.05, 0.1) is 17.5 Å². The first-order chi connectivity index (χ1) is 10.1. The number of carbonyl (C=O) groups is 1. The highest BCUT2D eigenvalue weighted by molar-refractivity contribution is 5.89. The second-order valence-electron chi connectivity index (χ2n) is 4.74. The predicted molar refractivity (Wildman–Crippen MR) is 85.4 cm³/mol. The Labute approximate surface area is 123 Å². The molecule has 0 heterocycles. The zero-order chi connectivity index (χ0) is 15.2. The highest BCUT2D eigenvalue weighted by Crippen LogP contribution is 2.12. The van der Waals surface area contributed by atoms with E-state index in [0.29, 0.717) is 5.69 Å². The van der Waals surface area contributed by atoms with E-state index in [9.17, 15) is 4.79 Å². The molecule has 0 aliphatic carbocycles. The van der Waals surface area contributed by atoms with Gasteiger partial charge in [0.1, 0.15) is 0 Å². The van der Waals surface area contributed by atoms with Gasteiger partial charge < -0.3 is 10.0 Å². The van der Waals surface area contributed by atoms with E-state index in [1.165, 1.54) is 12.1 Å². The number of hydrazone groups is 1. The fraction of sp³-hybridized carbons (Fsp3) is 0.125. The van der Waals surface area contributed by atoms with E-state index in [1.54, 1.807) is 18.3 Å². The molecule has 0 aliphatic rings. The van der Waals surface area contributed by atoms with E-state index >= 15 is 0 Å². The van der Waals surface area contributed by atoms with Crippen LogP contribution in [0.25, 0.3) is 0 Å². The van der Waals surface area contributed by atoms with Crippen molar-refractivity contribution in [1.82, 2.24) is 0 Å². The molecule has 0 amide bonds. The van der Waals surface area contributed by atoms with Crippen molar-refractivity contribution in [2.24, 2.45) is 5.10 Å². The Morgan fingerprint density at radius 2 is 1.90 bits per heavy atom. The highest BCUT2D eigenvalue weighted by Gasteiger charge is 2.02. The molecule has 0 unspecified atom stereocenters. The molecule has 0 aliphatic heterocycles. The third kappa shape index (κ3) is 4.07. The molecule has 0 saturated carbocycles. The number of hydrogen-bond donors (Lipinski definition) is 2. The molecule has 5 heteroatoms. The summed E-state index contributed by atoms with van der Waals surface area (Å²) < 4.78 is 0. The number of aromatic carboxylic acids is 1. The zero-order valence-electron chi connectivity index (χ0n) is 11.9. The zero-order valence-corrected chi connectivity index (χ0v) is 11.9. The van der Waals surface area contributed by atoms with Crippen molar-refractivity contribution in [1.29, 1.82) is 0 Å². The van der Waals surface area contributed by atoms with Crippen LogP contribution in [-0.2, 0) is 0 Å². The standard InChI is InChI=1S/C16H17N3O2/c1-19(2)15-8-6-12(7-9-15)11-17-18-14-5-3-4-13(10-14)16(20)21/h3-11,18H,1-2H3,(H,20,21). The van der Waals surface area contributed by atoms with E-state index in [4.69, 9.17) is 5.11 Å². The summed E-state index contributed by atoms with van der Waals surface area (Å²) in [4.78, 5) is 12.9. The summed E-state index contributed by atoms with van der Waals surface area (Å²) in [5, 5.41) is 13.0. The lowest BCUT2D eigenvalue weighted by molar-refractivity contribution is 0.0697. The molecule has 108 valence electrons. The van der Waals surface area contributed by atoms with Gasteiger partial charge in [-0.1, -0.05) is 18.2 Å². The van der Waals surface area contributed by atoms with Gasteiger partial charge in [0, 0.05) is 19.8 Å². The quantitative estimate of drug-likeness (QED) is 0.654. The Balaban J connectivity index is 2.02. The third-order valence-electron chi connectivity index (χ3n) is 2.93. The van der Waals surface area contributed by atoms with Crippen LogP contribution in [0.1, 0.15) is 15.9 Å². The number of benzene rings is 2. The molecule has 0 bridgehead atoms. The largest absolute Gasteiger partial charge is 0.478 e. The summed E-state index contributed by atoms with van der Waals surface area (Å²) in [6.45, 7) is 0. The van der Waals surface area contributed by atoms with Crippen LogP contribution < -0.4 is 10.3 Å². The second kappa shape index (κ2) is 6.56. The van der Waals surface area contributed by atoms with Crippen LogP contribution in [0.2, 0.25) is 0 Å². The number of rotatable bonds is 5. The maximum Gasteiger partial charge on any atom is 0.335 e. The lowest BCUT2D eigenvalue weighted by Crippen LogP contribution is -2.08. The normalized spacial score (nSPS) is 10.6. The monoisotopic (exact) mass is 283 g/mol. The van der Waals surface area contributed by atoms with Crippen molar-refractivity contribution in [3.63, 3.8) is 0 Å². The predicted octanol–water partition coefficient (Wildman–Crippen LogP) is 2.90. The average Bonchev–Trinajstić information content (AvgIpc) is 2.48. The van der Waals surface area contributed by atoms with Gasteiger partial charge in [0.15, 0.2) is 0 Å². The number of carboxylic acids is 1. The number of anilines is 2. The SMILES string of the molecule is CN(C)c1ccc(C=NNc2cccc(C(=O)O)c2)cc1. The maximum absolute atomic E-state index is 10.9. The van der Waals surface area contributed by atoms with Crippen LogP contribution in [0.15, 0.2) is 53.6 Å². The fourth-order valence-electron chi connectivity index (χ4n) is 1.76. The minimum absolute atomic E-state index is 0.227. The molecular weight excluding hydrogens is 266 g/mol. The summed E-state index contributed by atoms with van der Waals surface area (Å²) in [6.07, 6.45) is 1.69. The van der Waals surface area contributed by atoms with E-state index < -0.39 is 5.97 Å². The minimum atomic E-state index is -0.957. The van der Waals surface area contributed by atoms with Crippen molar-refractivity contribution in [2.75, 3.05) is 24.4 Å². The first-order valence-corrected chi connectivity index (χ1v) is 6.46. The summed E-state index contributed by atoms with van der Waals surface area (Å²) >= 11 is 0. The topological polar surface area (TPSA) is 64.9 Å². The minimum Gasteiger partial charge on any atom is -0.478 e. The lowest BCUT2D eigenvalue weighted by Gasteiger charge is -2.11. The Morgan fingerprint density at radius 3 is 2.52 bits per heavy atom. The molecule has 2 rings (SSSR count). The van der Waals surface area contributed by atoms with E-state index in [0.717, 1.165) is 11.3 Å². The van der Waals surface area contributed by atoms with Gasteiger partial charge in [-0.25, -0.2) is 4.79 Å². The molecule has 0 spiro atoms. The van der Waals surface area contributed by atoms with Crippen molar-refractivity contribution in [3.8, 4) is 0 Å². The molecule has 2 aromatic carbocycles. The van der Waals surface area contributed by atoms with Crippen LogP contribution in [-0.4, -0.2) is 31.4 Å². The van der Waals surface area contributed by atoms with Gasteiger partial charge in [0.25, 0.3) is 0 Å². The molecule has 0 saturated heterocycles. The Kier molecular flexibility index (Phi) is 4.56. The molecule has 2 aromatic rings. The summed E-state index contributed by atoms with van der Waals surface area (Å²) in [6, 6.07) is 14.5. The molecule has 0 aromatic heterocycles. The van der Waals surface area contributed by atoms with E-state index in [1.807, 2.05) is 43.3 Å². The number of carboxylic acid groups (broad SMARTS) is 1. The Morgan fingerprint density at radius 1 is 1.19 bits per heavy atom. The van der Waals surface area contributed by atoms with Gasteiger partial charge in [-0.3, -0.25) is 5.43 Å². The average molecular weight is 283 g/mol. The molecule has 2 N–H and O–H groups in total. The van der Waals surface area contributed by atoms with Crippen LogP contribution in [0, 0.1) is 0 Å². The second-order valence-corrected chi connectivity index (χ2v) is 4.74. The van der Waals surface area contributed by atoms with E-state index in [2.05, 4.69) is 10.5 Å². The molecule has 0 radical (unpaired) electrons. The highest BCUT2D eigenvalue weighted by atomic mass is 16.4. The van der Waals surface area contributed by atoms with Crippen LogP contribution in [0.3, 0.4) is 0 Å². The van der Waals surface area contributed by atoms with Crippen LogP contribution in [0.4, 0.5) is 11.4 Å². The number of nitrogens with zero attached hydrogens (tertiary/aromatic N) is 2. The first-order valence-electron chi connectivity index (χ1n) is 6.46. The van der Waals surface area contributed by atoms with Crippen molar-refractivity contribution in [3.05, 3.63) is 59.7 Å². The van der Waals surface area contributed by atoms with Gasteiger partial charge in [-0.15, -0.1) is 0 Å². The van der Waals surface area contributed by atoms with Crippen LogP contribution >= 0.6 is 0 Å². The smallest absolute Gasteiger partial charge is 0.335 e. The number of hydrogen-bond acceptors (Lipinski definition) is 4. The van der Waals surface area contributed by atoms with Crippen LogP contribution in [0.5, 0.6) is 0 Å². The Bertz CT molecular complexity index is 649. The molecular formula is C16H17N3O2. The lowest BCUT2D eigenvalue weighted by atomic mass is 10.2. The maximum atomic E-state index is 10.9. The van der Waals surface area contributed by atoms with Gasteiger partial charge in [-0.2, -0.15) is 5.10 Å².